The second kappa shape index (κ2) is 7.09. The van der Waals surface area contributed by atoms with Crippen molar-refractivity contribution in [3.8, 4) is 0 Å². The summed E-state index contributed by atoms with van der Waals surface area (Å²) in [7, 11) is 0. The number of hydrogen-bond donors (Lipinski definition) is 0. The monoisotopic (exact) mass is 365 g/mol. The Morgan fingerprint density at radius 1 is 1.32 bits per heavy atom. The molecule has 0 spiro atoms. The number of amides is 1. The molecule has 1 fully saturated rings. The summed E-state index contributed by atoms with van der Waals surface area (Å²) >= 11 is 1.17. The first-order valence-corrected chi connectivity index (χ1v) is 8.96. The third-order valence-corrected chi connectivity index (χ3v) is 5.42. The van der Waals surface area contributed by atoms with Gasteiger partial charge in [-0.2, -0.15) is 0 Å². The standard InChI is InChI=1S/C18H20FNO4S/c1-10-7-20(8-11(2)24-10)15(21)9-23-18(22)17-12(3)16-13(19)5-4-6-14(16)25-17/h4-6,10-11H,7-9H2,1-3H3/t10-,11-/m1/s1. The lowest BCUT2D eigenvalue weighted by Gasteiger charge is -2.35. The maximum absolute atomic E-state index is 13.9. The fourth-order valence-corrected chi connectivity index (χ4v) is 4.23. The van der Waals surface area contributed by atoms with E-state index >= 15 is 0 Å². The molecule has 7 heteroatoms. The normalized spacial score (nSPS) is 20.7. The van der Waals surface area contributed by atoms with E-state index in [0.29, 0.717) is 33.6 Å². The highest BCUT2D eigenvalue weighted by Gasteiger charge is 2.27. The van der Waals surface area contributed by atoms with Crippen LogP contribution in [0.5, 0.6) is 0 Å². The quantitative estimate of drug-likeness (QED) is 0.784. The number of benzene rings is 1. The third-order valence-electron chi connectivity index (χ3n) is 4.19. The van der Waals surface area contributed by atoms with Gasteiger partial charge in [0.05, 0.1) is 12.2 Å². The van der Waals surface area contributed by atoms with Gasteiger partial charge in [0.15, 0.2) is 6.61 Å². The van der Waals surface area contributed by atoms with Gasteiger partial charge in [-0.1, -0.05) is 6.07 Å². The van der Waals surface area contributed by atoms with Gasteiger partial charge in [-0.25, -0.2) is 9.18 Å². The molecule has 2 heterocycles. The van der Waals surface area contributed by atoms with Gasteiger partial charge in [-0.3, -0.25) is 4.79 Å². The average Bonchev–Trinajstić information content (AvgIpc) is 2.89. The highest BCUT2D eigenvalue weighted by Crippen LogP contribution is 2.33. The predicted molar refractivity (Wildman–Crippen MR) is 93.4 cm³/mol. The molecule has 1 aromatic carbocycles. The van der Waals surface area contributed by atoms with Gasteiger partial charge < -0.3 is 14.4 Å². The van der Waals surface area contributed by atoms with Crippen molar-refractivity contribution in [3.63, 3.8) is 0 Å². The van der Waals surface area contributed by atoms with E-state index in [2.05, 4.69) is 0 Å². The zero-order chi connectivity index (χ0) is 18.1. The maximum atomic E-state index is 13.9. The summed E-state index contributed by atoms with van der Waals surface area (Å²) < 4.78 is 25.4. The Balaban J connectivity index is 1.68. The zero-order valence-corrected chi connectivity index (χ0v) is 15.2. The number of thiophene rings is 1. The fraction of sp³-hybridized carbons (Fsp3) is 0.444. The van der Waals surface area contributed by atoms with Gasteiger partial charge in [0.25, 0.3) is 5.91 Å². The summed E-state index contributed by atoms with van der Waals surface area (Å²) in [6.07, 6.45) is -0.0903. The SMILES string of the molecule is Cc1c(C(=O)OCC(=O)N2C[C@@H](C)O[C@H](C)C2)sc2cccc(F)c12. The Bertz CT molecular complexity index is 809. The second-order valence-electron chi connectivity index (χ2n) is 6.30. The molecular weight excluding hydrogens is 345 g/mol. The lowest BCUT2D eigenvalue weighted by molar-refractivity contribution is -0.146. The molecule has 1 saturated heterocycles. The molecule has 134 valence electrons. The fourth-order valence-electron chi connectivity index (χ4n) is 3.11. The van der Waals surface area contributed by atoms with E-state index in [4.69, 9.17) is 9.47 Å². The summed E-state index contributed by atoms with van der Waals surface area (Å²) in [6, 6.07) is 4.73. The Hall–Kier alpha value is -1.99. The number of carbonyl (C=O) groups excluding carboxylic acids is 2. The first-order chi connectivity index (χ1) is 11.9. The average molecular weight is 365 g/mol. The molecular formula is C18H20FNO4S. The molecule has 0 saturated carbocycles. The molecule has 0 aliphatic carbocycles. The van der Waals surface area contributed by atoms with Crippen LogP contribution in [0.15, 0.2) is 18.2 Å². The van der Waals surface area contributed by atoms with E-state index in [-0.39, 0.29) is 30.5 Å². The summed E-state index contributed by atoms with van der Waals surface area (Å²) in [5, 5.41) is 0.432. The van der Waals surface area contributed by atoms with E-state index in [1.807, 2.05) is 13.8 Å². The summed E-state index contributed by atoms with van der Waals surface area (Å²) in [4.78, 5) is 26.6. The van der Waals surface area contributed by atoms with Gasteiger partial charge in [-0.15, -0.1) is 11.3 Å². The van der Waals surface area contributed by atoms with Crippen LogP contribution in [0.25, 0.3) is 10.1 Å². The van der Waals surface area contributed by atoms with Crippen molar-refractivity contribution >= 4 is 33.3 Å². The van der Waals surface area contributed by atoms with Gasteiger partial charge in [0.2, 0.25) is 0 Å². The molecule has 2 atom stereocenters. The van der Waals surface area contributed by atoms with E-state index in [1.165, 1.54) is 17.4 Å². The van der Waals surface area contributed by atoms with Gasteiger partial charge in [0, 0.05) is 23.2 Å². The summed E-state index contributed by atoms with van der Waals surface area (Å²) in [6.45, 7) is 6.12. The van der Waals surface area contributed by atoms with Crippen LogP contribution in [0.4, 0.5) is 4.39 Å². The number of carbonyl (C=O) groups is 2. The molecule has 0 N–H and O–H groups in total. The van der Waals surface area contributed by atoms with Gasteiger partial charge in [0.1, 0.15) is 10.7 Å². The minimum absolute atomic E-state index is 0.0452. The number of nitrogens with zero attached hydrogens (tertiary/aromatic N) is 1. The molecule has 3 rings (SSSR count). The number of hydrogen-bond acceptors (Lipinski definition) is 5. The molecule has 1 amide bonds. The molecule has 1 aliphatic heterocycles. The van der Waals surface area contributed by atoms with Crippen LogP contribution in [0, 0.1) is 12.7 Å². The van der Waals surface area contributed by atoms with Crippen LogP contribution in [0.1, 0.15) is 29.1 Å². The number of morpholine rings is 1. The lowest BCUT2D eigenvalue weighted by atomic mass is 10.1. The van der Waals surface area contributed by atoms with Crippen molar-refractivity contribution in [3.05, 3.63) is 34.5 Å². The van der Waals surface area contributed by atoms with Crippen molar-refractivity contribution in [2.24, 2.45) is 0 Å². The minimum Gasteiger partial charge on any atom is -0.451 e. The van der Waals surface area contributed by atoms with Gasteiger partial charge >= 0.3 is 5.97 Å². The predicted octanol–water partition coefficient (Wildman–Crippen LogP) is 3.14. The zero-order valence-electron chi connectivity index (χ0n) is 14.4. The molecule has 0 unspecified atom stereocenters. The topological polar surface area (TPSA) is 55.8 Å². The minimum atomic E-state index is -0.596. The molecule has 5 nitrogen and oxygen atoms in total. The molecule has 0 bridgehead atoms. The summed E-state index contributed by atoms with van der Waals surface area (Å²) in [5.74, 6) is -1.21. The first-order valence-electron chi connectivity index (χ1n) is 8.14. The smallest absolute Gasteiger partial charge is 0.349 e. The Kier molecular flexibility index (Phi) is 5.06. The van der Waals surface area contributed by atoms with Crippen LogP contribution in [-0.4, -0.2) is 48.7 Å². The number of rotatable bonds is 3. The number of ether oxygens (including phenoxy) is 2. The first kappa shape index (κ1) is 17.8. The number of halogens is 1. The second-order valence-corrected chi connectivity index (χ2v) is 7.35. The highest BCUT2D eigenvalue weighted by atomic mass is 32.1. The Morgan fingerprint density at radius 3 is 2.64 bits per heavy atom. The van der Waals surface area contributed by atoms with Gasteiger partial charge in [-0.05, 0) is 38.5 Å². The van der Waals surface area contributed by atoms with Crippen LogP contribution < -0.4 is 0 Å². The van der Waals surface area contributed by atoms with E-state index < -0.39 is 5.97 Å². The number of esters is 1. The third kappa shape index (κ3) is 3.67. The van der Waals surface area contributed by atoms with Crippen molar-refractivity contribution in [2.45, 2.75) is 33.0 Å². The van der Waals surface area contributed by atoms with Crippen molar-refractivity contribution < 1.29 is 23.5 Å². The molecule has 2 aromatic rings. The van der Waals surface area contributed by atoms with Crippen LogP contribution >= 0.6 is 11.3 Å². The molecule has 1 aliphatic rings. The Morgan fingerprint density at radius 2 is 2.00 bits per heavy atom. The van der Waals surface area contributed by atoms with Crippen molar-refractivity contribution in [2.75, 3.05) is 19.7 Å². The molecule has 1 aromatic heterocycles. The number of fused-ring (bicyclic) bond motifs is 1. The lowest BCUT2D eigenvalue weighted by Crippen LogP contribution is -2.49. The van der Waals surface area contributed by atoms with Crippen LogP contribution in [-0.2, 0) is 14.3 Å². The maximum Gasteiger partial charge on any atom is 0.349 e. The summed E-state index contributed by atoms with van der Waals surface area (Å²) in [5.41, 5.74) is 0.546. The molecule has 0 radical (unpaired) electrons. The molecule has 25 heavy (non-hydrogen) atoms. The van der Waals surface area contributed by atoms with Crippen molar-refractivity contribution in [1.82, 2.24) is 4.90 Å². The van der Waals surface area contributed by atoms with Crippen LogP contribution in [0.3, 0.4) is 0 Å². The highest BCUT2D eigenvalue weighted by molar-refractivity contribution is 7.21. The number of aryl methyl sites for hydroxylation is 1. The van der Waals surface area contributed by atoms with E-state index in [0.717, 1.165) is 0 Å². The Labute approximate surface area is 149 Å². The van der Waals surface area contributed by atoms with Crippen LogP contribution in [0.2, 0.25) is 0 Å². The largest absolute Gasteiger partial charge is 0.451 e. The van der Waals surface area contributed by atoms with Crippen molar-refractivity contribution in [1.29, 1.82) is 0 Å². The van der Waals surface area contributed by atoms with E-state index in [9.17, 15) is 14.0 Å². The van der Waals surface area contributed by atoms with E-state index in [1.54, 1.807) is 24.0 Å².